The van der Waals surface area contributed by atoms with Crippen LogP contribution >= 0.6 is 0 Å². The molecule has 1 amide bonds. The Bertz CT molecular complexity index is 943. The smallest absolute Gasteiger partial charge is 0.255 e. The molecule has 0 bridgehead atoms. The van der Waals surface area contributed by atoms with Crippen LogP contribution in [0.5, 0.6) is 23.0 Å². The van der Waals surface area contributed by atoms with Crippen LogP contribution in [0.25, 0.3) is 10.8 Å². The van der Waals surface area contributed by atoms with E-state index in [4.69, 9.17) is 14.2 Å². The second-order valence-corrected chi connectivity index (χ2v) is 5.55. The molecule has 0 radical (unpaired) electrons. The first-order chi connectivity index (χ1) is 12.6. The zero-order valence-electron chi connectivity index (χ0n) is 14.7. The Morgan fingerprint density at radius 1 is 0.885 bits per heavy atom. The van der Waals surface area contributed by atoms with Gasteiger partial charge in [-0.05, 0) is 24.3 Å². The Morgan fingerprint density at radius 2 is 1.50 bits per heavy atom. The molecule has 0 saturated heterocycles. The van der Waals surface area contributed by atoms with Crippen LogP contribution in [0.15, 0.2) is 48.5 Å². The van der Waals surface area contributed by atoms with Gasteiger partial charge in [0.15, 0.2) is 11.5 Å². The number of aromatic hydroxyl groups is 1. The second-order valence-electron chi connectivity index (χ2n) is 5.55. The van der Waals surface area contributed by atoms with Gasteiger partial charge in [0.25, 0.3) is 5.91 Å². The maximum absolute atomic E-state index is 12.8. The van der Waals surface area contributed by atoms with Gasteiger partial charge in [0.05, 0.1) is 21.3 Å². The zero-order valence-corrected chi connectivity index (χ0v) is 14.7. The number of hydrogen-bond acceptors (Lipinski definition) is 5. The Balaban J connectivity index is 2.00. The van der Waals surface area contributed by atoms with Crippen molar-refractivity contribution in [1.82, 2.24) is 0 Å². The van der Waals surface area contributed by atoms with Crippen LogP contribution in [0.2, 0.25) is 0 Å². The average Bonchev–Trinajstić information content (AvgIpc) is 2.67. The highest BCUT2D eigenvalue weighted by atomic mass is 16.5. The van der Waals surface area contributed by atoms with E-state index < -0.39 is 0 Å². The van der Waals surface area contributed by atoms with Crippen LogP contribution in [0, 0.1) is 0 Å². The first-order valence-corrected chi connectivity index (χ1v) is 7.91. The molecule has 0 unspecified atom stereocenters. The van der Waals surface area contributed by atoms with E-state index in [9.17, 15) is 9.90 Å². The number of hydrogen-bond donors (Lipinski definition) is 2. The van der Waals surface area contributed by atoms with Gasteiger partial charge in [-0.3, -0.25) is 4.79 Å². The lowest BCUT2D eigenvalue weighted by Gasteiger charge is -2.14. The van der Waals surface area contributed by atoms with Gasteiger partial charge in [-0.15, -0.1) is 0 Å². The van der Waals surface area contributed by atoms with E-state index in [1.165, 1.54) is 21.3 Å². The first kappa shape index (κ1) is 17.4. The molecule has 2 N–H and O–H groups in total. The fourth-order valence-electron chi connectivity index (χ4n) is 2.81. The van der Waals surface area contributed by atoms with Crippen molar-refractivity contribution in [2.24, 2.45) is 0 Å². The van der Waals surface area contributed by atoms with Crippen LogP contribution < -0.4 is 19.5 Å². The Kier molecular flexibility index (Phi) is 4.84. The summed E-state index contributed by atoms with van der Waals surface area (Å²) >= 11 is 0. The molecule has 3 rings (SSSR count). The third-order valence-electron chi connectivity index (χ3n) is 4.07. The lowest BCUT2D eigenvalue weighted by molar-refractivity contribution is 0.102. The summed E-state index contributed by atoms with van der Waals surface area (Å²) in [7, 11) is 4.49. The van der Waals surface area contributed by atoms with E-state index in [2.05, 4.69) is 5.32 Å². The average molecular weight is 353 g/mol. The summed E-state index contributed by atoms with van der Waals surface area (Å²) in [5, 5.41) is 14.3. The summed E-state index contributed by atoms with van der Waals surface area (Å²) in [4.78, 5) is 12.8. The van der Waals surface area contributed by atoms with Crippen LogP contribution in [0.4, 0.5) is 5.69 Å². The fourth-order valence-corrected chi connectivity index (χ4v) is 2.81. The number of phenolic OH excluding ortho intramolecular Hbond substituents is 1. The van der Waals surface area contributed by atoms with E-state index in [1.54, 1.807) is 42.5 Å². The molecule has 6 heteroatoms. The van der Waals surface area contributed by atoms with Crippen molar-refractivity contribution in [3.8, 4) is 23.0 Å². The van der Waals surface area contributed by atoms with Crippen molar-refractivity contribution in [2.75, 3.05) is 26.6 Å². The van der Waals surface area contributed by atoms with Crippen molar-refractivity contribution in [2.45, 2.75) is 0 Å². The standard InChI is InChI=1S/C20H19NO5/c1-24-17-10-12(11-18(25-2)19(17)26-3)20(23)21-15-8-4-7-14-13(15)6-5-9-16(14)22/h4-11,22H,1-3H3,(H,21,23). The molecule has 6 nitrogen and oxygen atoms in total. The minimum atomic E-state index is -0.333. The molecule has 0 aliphatic heterocycles. The molecule has 0 fully saturated rings. The van der Waals surface area contributed by atoms with Crippen molar-refractivity contribution in [3.63, 3.8) is 0 Å². The van der Waals surface area contributed by atoms with Crippen LogP contribution in [0.1, 0.15) is 10.4 Å². The Hall–Kier alpha value is -3.41. The highest BCUT2D eigenvalue weighted by Crippen LogP contribution is 2.38. The van der Waals surface area contributed by atoms with Crippen LogP contribution in [-0.4, -0.2) is 32.3 Å². The van der Waals surface area contributed by atoms with Gasteiger partial charge in [0.1, 0.15) is 5.75 Å². The molecule has 0 atom stereocenters. The lowest BCUT2D eigenvalue weighted by Crippen LogP contribution is -2.13. The van der Waals surface area contributed by atoms with Crippen molar-refractivity contribution < 1.29 is 24.1 Å². The highest BCUT2D eigenvalue weighted by Gasteiger charge is 2.17. The quantitative estimate of drug-likeness (QED) is 0.729. The molecule has 3 aromatic carbocycles. The predicted molar refractivity (Wildman–Crippen MR) is 99.7 cm³/mol. The number of fused-ring (bicyclic) bond motifs is 1. The van der Waals surface area contributed by atoms with Gasteiger partial charge in [-0.1, -0.05) is 24.3 Å². The SMILES string of the molecule is COc1cc(C(=O)Nc2cccc3c(O)cccc23)cc(OC)c1OC. The van der Waals surface area contributed by atoms with E-state index in [0.29, 0.717) is 33.9 Å². The van der Waals surface area contributed by atoms with E-state index in [0.717, 1.165) is 5.39 Å². The summed E-state index contributed by atoms with van der Waals surface area (Å²) in [6.07, 6.45) is 0. The largest absolute Gasteiger partial charge is 0.507 e. The topological polar surface area (TPSA) is 77.0 Å². The number of rotatable bonds is 5. The van der Waals surface area contributed by atoms with Gasteiger partial charge >= 0.3 is 0 Å². The minimum Gasteiger partial charge on any atom is -0.507 e. The molecule has 0 heterocycles. The number of amides is 1. The molecular weight excluding hydrogens is 334 g/mol. The number of methoxy groups -OCH3 is 3. The summed E-state index contributed by atoms with van der Waals surface area (Å²) in [6.45, 7) is 0. The monoisotopic (exact) mass is 353 g/mol. The molecule has 3 aromatic rings. The maximum atomic E-state index is 12.8. The van der Waals surface area contributed by atoms with E-state index >= 15 is 0 Å². The van der Waals surface area contributed by atoms with Gasteiger partial charge in [-0.2, -0.15) is 0 Å². The van der Waals surface area contributed by atoms with E-state index in [-0.39, 0.29) is 11.7 Å². The van der Waals surface area contributed by atoms with E-state index in [1.807, 2.05) is 6.07 Å². The minimum absolute atomic E-state index is 0.159. The van der Waals surface area contributed by atoms with Crippen molar-refractivity contribution in [3.05, 3.63) is 54.1 Å². The second kappa shape index (κ2) is 7.23. The third-order valence-corrected chi connectivity index (χ3v) is 4.07. The van der Waals surface area contributed by atoms with Crippen molar-refractivity contribution in [1.29, 1.82) is 0 Å². The lowest BCUT2D eigenvalue weighted by atomic mass is 10.1. The summed E-state index contributed by atoms with van der Waals surface area (Å²) < 4.78 is 15.8. The number of phenols is 1. The number of carbonyl (C=O) groups excluding carboxylic acids is 1. The van der Waals surface area contributed by atoms with Gasteiger partial charge in [0.2, 0.25) is 5.75 Å². The van der Waals surface area contributed by atoms with Gasteiger partial charge < -0.3 is 24.6 Å². The number of benzene rings is 3. The number of anilines is 1. The molecule has 0 spiro atoms. The summed E-state index contributed by atoms with van der Waals surface area (Å²) in [5.74, 6) is 1.04. The summed E-state index contributed by atoms with van der Waals surface area (Å²) in [5.41, 5.74) is 0.953. The van der Waals surface area contributed by atoms with Crippen LogP contribution in [0.3, 0.4) is 0 Å². The molecule has 0 saturated carbocycles. The maximum Gasteiger partial charge on any atom is 0.255 e. The number of carbonyl (C=O) groups is 1. The molecule has 0 aliphatic carbocycles. The molecule has 26 heavy (non-hydrogen) atoms. The number of ether oxygens (including phenoxy) is 3. The summed E-state index contributed by atoms with van der Waals surface area (Å²) in [6, 6.07) is 13.7. The fraction of sp³-hybridized carbons (Fsp3) is 0.150. The Morgan fingerprint density at radius 3 is 2.12 bits per heavy atom. The third kappa shape index (κ3) is 3.09. The molecule has 0 aromatic heterocycles. The number of nitrogens with one attached hydrogen (secondary N) is 1. The van der Waals surface area contributed by atoms with Crippen LogP contribution in [-0.2, 0) is 0 Å². The Labute approximate surface area is 150 Å². The molecule has 0 aliphatic rings. The van der Waals surface area contributed by atoms with Gasteiger partial charge in [-0.25, -0.2) is 0 Å². The molecular formula is C20H19NO5. The van der Waals surface area contributed by atoms with Crippen molar-refractivity contribution >= 4 is 22.4 Å². The van der Waals surface area contributed by atoms with Gasteiger partial charge in [0, 0.05) is 22.0 Å². The normalized spacial score (nSPS) is 10.4. The highest BCUT2D eigenvalue weighted by molar-refractivity contribution is 6.10. The zero-order chi connectivity index (χ0) is 18.7. The first-order valence-electron chi connectivity index (χ1n) is 7.91. The molecule has 134 valence electrons. The predicted octanol–water partition coefficient (Wildman–Crippen LogP) is 3.82.